The number of fused-ring (bicyclic) bond motifs is 1. The molecule has 0 heterocycles. The van der Waals surface area contributed by atoms with E-state index in [1.54, 1.807) is 0 Å². The summed E-state index contributed by atoms with van der Waals surface area (Å²) in [5.41, 5.74) is 2.59. The Labute approximate surface area is 185 Å². The van der Waals surface area contributed by atoms with Gasteiger partial charge in [0.25, 0.3) is 0 Å². The van der Waals surface area contributed by atoms with Gasteiger partial charge >= 0.3 is 0 Å². The second-order valence-corrected chi connectivity index (χ2v) is 9.53. The van der Waals surface area contributed by atoms with Crippen LogP contribution in [0.1, 0.15) is 32.3 Å². The Morgan fingerprint density at radius 3 is 2.43 bits per heavy atom. The molecule has 0 unspecified atom stereocenters. The summed E-state index contributed by atoms with van der Waals surface area (Å²) in [6.45, 7) is 4.02. The smallest absolute Gasteiger partial charge is 0.168 e. The third kappa shape index (κ3) is 4.39. The summed E-state index contributed by atoms with van der Waals surface area (Å²) >= 11 is 3.45. The molecule has 0 aromatic heterocycles. The van der Waals surface area contributed by atoms with Crippen LogP contribution in [0.25, 0.3) is 10.8 Å². The van der Waals surface area contributed by atoms with Crippen molar-refractivity contribution in [2.75, 3.05) is 0 Å². The molecule has 4 heteroatoms. The summed E-state index contributed by atoms with van der Waals surface area (Å²) in [4.78, 5) is 17.9. The van der Waals surface area contributed by atoms with Gasteiger partial charge in [-0.1, -0.05) is 72.2 Å². The van der Waals surface area contributed by atoms with Crippen LogP contribution in [0.5, 0.6) is 0 Å². The molecule has 0 radical (unpaired) electrons. The number of aliphatic hydroxyl groups excluding tert-OH is 1. The second-order valence-electron chi connectivity index (χ2n) is 8.61. The minimum absolute atomic E-state index is 0.0418. The zero-order valence-electron chi connectivity index (χ0n) is 17.2. The highest BCUT2D eigenvalue weighted by atomic mass is 79.9. The topological polar surface area (TPSA) is 49.7 Å². The summed E-state index contributed by atoms with van der Waals surface area (Å²) in [7, 11) is 0. The Morgan fingerprint density at radius 2 is 1.70 bits per heavy atom. The van der Waals surface area contributed by atoms with Crippen LogP contribution in [0.3, 0.4) is 0 Å². The van der Waals surface area contributed by atoms with Crippen molar-refractivity contribution in [2.45, 2.75) is 33.1 Å². The lowest BCUT2D eigenvalue weighted by Crippen LogP contribution is -2.30. The van der Waals surface area contributed by atoms with Crippen LogP contribution in [0.4, 0.5) is 5.69 Å². The third-order valence-corrected chi connectivity index (χ3v) is 6.00. The first-order valence-electron chi connectivity index (χ1n) is 10.1. The molecule has 1 aliphatic rings. The van der Waals surface area contributed by atoms with E-state index in [9.17, 15) is 9.90 Å². The van der Waals surface area contributed by atoms with E-state index < -0.39 is 0 Å². The van der Waals surface area contributed by atoms with Crippen molar-refractivity contribution in [2.24, 2.45) is 10.4 Å². The van der Waals surface area contributed by atoms with E-state index in [0.29, 0.717) is 30.5 Å². The maximum atomic E-state index is 13.1. The lowest BCUT2D eigenvalue weighted by atomic mass is 9.75. The minimum atomic E-state index is -0.243. The molecule has 3 aromatic carbocycles. The summed E-state index contributed by atoms with van der Waals surface area (Å²) in [6.07, 6.45) is 1.35. The van der Waals surface area contributed by atoms with Crippen LogP contribution in [-0.2, 0) is 11.2 Å². The van der Waals surface area contributed by atoms with Crippen LogP contribution in [0.15, 0.2) is 87.5 Å². The van der Waals surface area contributed by atoms with Gasteiger partial charge in [0.1, 0.15) is 5.76 Å². The number of hydrogen-bond acceptors (Lipinski definition) is 3. The molecule has 0 saturated carbocycles. The number of carbonyl (C=O) groups excluding carboxylic acids is 1. The van der Waals surface area contributed by atoms with Crippen molar-refractivity contribution in [3.8, 4) is 0 Å². The fourth-order valence-corrected chi connectivity index (χ4v) is 4.36. The van der Waals surface area contributed by atoms with Crippen LogP contribution in [0, 0.1) is 5.41 Å². The first-order chi connectivity index (χ1) is 14.3. The number of aliphatic hydroxyl groups is 1. The molecule has 0 spiro atoms. The first-order valence-corrected chi connectivity index (χ1v) is 10.9. The van der Waals surface area contributed by atoms with E-state index in [0.717, 1.165) is 26.5 Å². The van der Waals surface area contributed by atoms with Crippen LogP contribution < -0.4 is 0 Å². The maximum Gasteiger partial charge on any atom is 0.168 e. The molecular formula is C26H24BrNO2. The summed E-state index contributed by atoms with van der Waals surface area (Å²) in [6, 6.07) is 22.0. The molecule has 3 aromatic rings. The van der Waals surface area contributed by atoms with Crippen molar-refractivity contribution < 1.29 is 9.90 Å². The van der Waals surface area contributed by atoms with E-state index >= 15 is 0 Å². The zero-order chi connectivity index (χ0) is 21.3. The van der Waals surface area contributed by atoms with Gasteiger partial charge in [0.05, 0.1) is 17.0 Å². The van der Waals surface area contributed by atoms with E-state index in [1.165, 1.54) is 0 Å². The molecule has 0 atom stereocenters. The quantitative estimate of drug-likeness (QED) is 0.420. The molecule has 152 valence electrons. The van der Waals surface area contributed by atoms with Gasteiger partial charge in [-0.25, -0.2) is 0 Å². The molecule has 1 N–H and O–H groups in total. The summed E-state index contributed by atoms with van der Waals surface area (Å²) < 4.78 is 0.967. The van der Waals surface area contributed by atoms with Crippen molar-refractivity contribution in [3.63, 3.8) is 0 Å². The van der Waals surface area contributed by atoms with Gasteiger partial charge < -0.3 is 5.11 Å². The van der Waals surface area contributed by atoms with Crippen molar-refractivity contribution in [1.29, 1.82) is 0 Å². The third-order valence-electron chi connectivity index (χ3n) is 5.47. The Bertz CT molecular complexity index is 1170. The van der Waals surface area contributed by atoms with Gasteiger partial charge in [0.2, 0.25) is 0 Å². The number of ketones is 1. The van der Waals surface area contributed by atoms with E-state index in [1.807, 2.05) is 56.3 Å². The van der Waals surface area contributed by atoms with E-state index in [-0.39, 0.29) is 17.0 Å². The number of halogens is 1. The van der Waals surface area contributed by atoms with Gasteiger partial charge in [-0.2, -0.15) is 0 Å². The van der Waals surface area contributed by atoms with Crippen molar-refractivity contribution in [1.82, 2.24) is 0 Å². The fraction of sp³-hybridized carbons (Fsp3) is 0.231. The highest BCUT2D eigenvalue weighted by molar-refractivity contribution is 9.10. The molecular weight excluding hydrogens is 438 g/mol. The van der Waals surface area contributed by atoms with Gasteiger partial charge in [-0.05, 0) is 46.0 Å². The summed E-state index contributed by atoms with van der Waals surface area (Å²) in [5.74, 6) is 0.104. The molecule has 0 aliphatic heterocycles. The van der Waals surface area contributed by atoms with Crippen LogP contribution in [-0.4, -0.2) is 16.6 Å². The molecule has 30 heavy (non-hydrogen) atoms. The summed E-state index contributed by atoms with van der Waals surface area (Å²) in [5, 5.41) is 13.1. The van der Waals surface area contributed by atoms with E-state index in [4.69, 9.17) is 4.99 Å². The van der Waals surface area contributed by atoms with Gasteiger partial charge in [-0.15, -0.1) is 0 Å². The van der Waals surface area contributed by atoms with Crippen LogP contribution >= 0.6 is 15.9 Å². The van der Waals surface area contributed by atoms with Gasteiger partial charge in [0.15, 0.2) is 5.78 Å². The first kappa shape index (κ1) is 20.5. The fourth-order valence-electron chi connectivity index (χ4n) is 4.10. The van der Waals surface area contributed by atoms with Crippen molar-refractivity contribution in [3.05, 3.63) is 88.1 Å². The lowest BCUT2D eigenvalue weighted by Gasteiger charge is -2.30. The number of benzene rings is 3. The Hall–Kier alpha value is -2.72. The largest absolute Gasteiger partial charge is 0.511 e. The molecule has 0 amide bonds. The predicted octanol–water partition coefficient (Wildman–Crippen LogP) is 7.12. The molecule has 0 bridgehead atoms. The number of aliphatic imine (C=N–C) groups is 1. The molecule has 1 aliphatic carbocycles. The Kier molecular flexibility index (Phi) is 5.61. The second kappa shape index (κ2) is 8.19. The van der Waals surface area contributed by atoms with E-state index in [2.05, 4.69) is 40.2 Å². The Morgan fingerprint density at radius 1 is 1.00 bits per heavy atom. The van der Waals surface area contributed by atoms with Gasteiger partial charge in [-0.3, -0.25) is 9.79 Å². The van der Waals surface area contributed by atoms with Crippen LogP contribution in [0.2, 0.25) is 0 Å². The highest BCUT2D eigenvalue weighted by Crippen LogP contribution is 2.37. The number of Topliss-reactive ketones (excluding diaryl/α,β-unsaturated/α-hetero) is 1. The maximum absolute atomic E-state index is 13.1. The standard InChI is InChI=1S/C26H24BrNO2/c1-26(2)15-23(29)25(24(30)16-26)22(28-20-12-10-19(27)11-13-20)14-18-8-5-7-17-6-3-4-9-21(17)18/h3-13,29H,14-16H2,1-2H3. The predicted molar refractivity (Wildman–Crippen MR) is 127 cm³/mol. The zero-order valence-corrected chi connectivity index (χ0v) is 18.7. The monoisotopic (exact) mass is 461 g/mol. The van der Waals surface area contributed by atoms with Crippen molar-refractivity contribution >= 4 is 43.9 Å². The number of allylic oxidation sites excluding steroid dienone is 2. The molecule has 0 saturated heterocycles. The lowest BCUT2D eigenvalue weighted by molar-refractivity contribution is -0.117. The molecule has 3 nitrogen and oxygen atoms in total. The molecule has 0 fully saturated rings. The number of carbonyl (C=O) groups is 1. The SMILES string of the molecule is CC1(C)CC(=O)C(C(Cc2cccc3ccccc23)=Nc2ccc(Br)cc2)=C(O)C1. The Balaban J connectivity index is 1.84. The minimum Gasteiger partial charge on any atom is -0.511 e. The highest BCUT2D eigenvalue weighted by Gasteiger charge is 2.35. The average molecular weight is 462 g/mol. The normalized spacial score (nSPS) is 16.9. The number of hydrogen-bond donors (Lipinski definition) is 1. The number of rotatable bonds is 4. The average Bonchev–Trinajstić information content (AvgIpc) is 2.68. The molecule has 4 rings (SSSR count). The van der Waals surface area contributed by atoms with Gasteiger partial charge in [0, 0.05) is 23.7 Å². The number of nitrogens with zero attached hydrogens (tertiary/aromatic N) is 1.